The highest BCUT2D eigenvalue weighted by atomic mass is 32.2. The largest absolute Gasteiger partial charge is 0.361 e. The molecule has 1 fully saturated rings. The van der Waals surface area contributed by atoms with E-state index in [4.69, 9.17) is 0 Å². The van der Waals surface area contributed by atoms with Gasteiger partial charge in [0.2, 0.25) is 0 Å². The van der Waals surface area contributed by atoms with E-state index in [0.29, 0.717) is 13.1 Å². The fourth-order valence-corrected chi connectivity index (χ4v) is 4.21. The molecule has 0 aliphatic carbocycles. The predicted molar refractivity (Wildman–Crippen MR) is 84.4 cm³/mol. The van der Waals surface area contributed by atoms with Gasteiger partial charge in [0.05, 0.1) is 0 Å². The van der Waals surface area contributed by atoms with Crippen LogP contribution in [0.15, 0.2) is 24.4 Å². The van der Waals surface area contributed by atoms with Crippen LogP contribution in [0.25, 0.3) is 10.9 Å². The Labute approximate surface area is 129 Å². The van der Waals surface area contributed by atoms with Gasteiger partial charge in [-0.25, -0.2) is 4.39 Å². The number of aromatic amines is 1. The number of nitrogens with zero attached hydrogens (tertiary/aromatic N) is 2. The number of hydrogen-bond acceptors (Lipinski definition) is 2. The number of hydrogen-bond donors (Lipinski definition) is 1. The quantitative estimate of drug-likeness (QED) is 0.941. The minimum Gasteiger partial charge on any atom is -0.361 e. The Hall–Kier alpha value is -1.44. The summed E-state index contributed by atoms with van der Waals surface area (Å²) in [5, 5.41) is 0.897. The molecule has 1 saturated heterocycles. The van der Waals surface area contributed by atoms with E-state index < -0.39 is 10.2 Å². The SMILES string of the molecule is CN(C)S(=O)(=O)N1CCC(c2c[nH]c3ccc(F)cc23)CC1. The molecular weight excluding hydrogens is 305 g/mol. The number of rotatable bonds is 3. The first-order valence-corrected chi connectivity index (χ1v) is 8.73. The van der Waals surface area contributed by atoms with Crippen LogP contribution in [0.2, 0.25) is 0 Å². The van der Waals surface area contributed by atoms with E-state index >= 15 is 0 Å². The highest BCUT2D eigenvalue weighted by Gasteiger charge is 2.30. The highest BCUT2D eigenvalue weighted by molar-refractivity contribution is 7.86. The van der Waals surface area contributed by atoms with Crippen LogP contribution in [-0.2, 0) is 10.2 Å². The van der Waals surface area contributed by atoms with E-state index in [-0.39, 0.29) is 11.7 Å². The van der Waals surface area contributed by atoms with Gasteiger partial charge >= 0.3 is 0 Å². The van der Waals surface area contributed by atoms with Crippen LogP contribution in [0.1, 0.15) is 24.3 Å². The van der Waals surface area contributed by atoms with Crippen molar-refractivity contribution in [3.63, 3.8) is 0 Å². The van der Waals surface area contributed by atoms with E-state index in [1.54, 1.807) is 26.2 Å². The summed E-state index contributed by atoms with van der Waals surface area (Å²) in [6, 6.07) is 4.72. The van der Waals surface area contributed by atoms with Gasteiger partial charge in [-0.2, -0.15) is 17.0 Å². The lowest BCUT2D eigenvalue weighted by Gasteiger charge is -2.32. The maximum Gasteiger partial charge on any atom is 0.281 e. The van der Waals surface area contributed by atoms with E-state index in [1.165, 1.54) is 14.7 Å². The van der Waals surface area contributed by atoms with Crippen molar-refractivity contribution in [2.24, 2.45) is 0 Å². The summed E-state index contributed by atoms with van der Waals surface area (Å²) in [6.45, 7) is 0.986. The van der Waals surface area contributed by atoms with Crippen LogP contribution in [0.3, 0.4) is 0 Å². The summed E-state index contributed by atoms with van der Waals surface area (Å²) in [4.78, 5) is 3.17. The minimum atomic E-state index is -3.34. The monoisotopic (exact) mass is 325 g/mol. The minimum absolute atomic E-state index is 0.249. The third-order valence-corrected chi connectivity index (χ3v) is 6.30. The van der Waals surface area contributed by atoms with Crippen molar-refractivity contribution in [3.05, 3.63) is 35.8 Å². The lowest BCUT2D eigenvalue weighted by atomic mass is 9.90. The molecule has 0 saturated carbocycles. The van der Waals surface area contributed by atoms with Crippen LogP contribution in [0.5, 0.6) is 0 Å². The number of aromatic nitrogens is 1. The van der Waals surface area contributed by atoms with Crippen molar-refractivity contribution in [3.8, 4) is 0 Å². The van der Waals surface area contributed by atoms with E-state index in [2.05, 4.69) is 4.98 Å². The second-order valence-corrected chi connectivity index (χ2v) is 8.04. The summed E-state index contributed by atoms with van der Waals surface area (Å²) in [6.07, 6.45) is 3.41. The molecule has 0 atom stereocenters. The molecule has 7 heteroatoms. The maximum absolute atomic E-state index is 13.5. The Bertz CT molecular complexity index is 777. The molecule has 0 spiro atoms. The lowest BCUT2D eigenvalue weighted by Crippen LogP contribution is -2.44. The Morgan fingerprint density at radius 3 is 2.59 bits per heavy atom. The van der Waals surface area contributed by atoms with Crippen molar-refractivity contribution in [1.82, 2.24) is 13.6 Å². The summed E-state index contributed by atoms with van der Waals surface area (Å²) < 4.78 is 40.5. The van der Waals surface area contributed by atoms with Gasteiger partial charge in [-0.15, -0.1) is 0 Å². The molecular formula is C15H20FN3O2S. The van der Waals surface area contributed by atoms with Crippen molar-refractivity contribution in [2.45, 2.75) is 18.8 Å². The Morgan fingerprint density at radius 1 is 1.27 bits per heavy atom. The highest BCUT2D eigenvalue weighted by Crippen LogP contribution is 2.34. The number of benzene rings is 1. The van der Waals surface area contributed by atoms with Crippen molar-refractivity contribution in [2.75, 3.05) is 27.2 Å². The molecule has 2 heterocycles. The molecule has 1 aliphatic rings. The number of halogens is 1. The van der Waals surface area contributed by atoms with Gasteiger partial charge in [0, 0.05) is 44.3 Å². The number of nitrogens with one attached hydrogen (secondary N) is 1. The molecule has 0 bridgehead atoms. The summed E-state index contributed by atoms with van der Waals surface area (Å²) >= 11 is 0. The second-order valence-electron chi connectivity index (χ2n) is 5.90. The molecule has 1 aromatic heterocycles. The zero-order valence-corrected chi connectivity index (χ0v) is 13.5. The van der Waals surface area contributed by atoms with Crippen molar-refractivity contribution < 1.29 is 12.8 Å². The smallest absolute Gasteiger partial charge is 0.281 e. The molecule has 1 N–H and O–H groups in total. The zero-order valence-electron chi connectivity index (χ0n) is 12.7. The number of piperidine rings is 1. The molecule has 22 heavy (non-hydrogen) atoms. The van der Waals surface area contributed by atoms with Crippen LogP contribution < -0.4 is 0 Å². The number of H-pyrrole nitrogens is 1. The van der Waals surface area contributed by atoms with Crippen molar-refractivity contribution >= 4 is 21.1 Å². The summed E-state index contributed by atoms with van der Waals surface area (Å²) in [5.41, 5.74) is 2.00. The third kappa shape index (κ3) is 2.64. The molecule has 5 nitrogen and oxygen atoms in total. The molecule has 1 aromatic carbocycles. The van der Waals surface area contributed by atoms with Gasteiger partial charge in [-0.05, 0) is 42.5 Å². The fourth-order valence-electron chi connectivity index (χ4n) is 3.08. The van der Waals surface area contributed by atoms with Gasteiger partial charge in [0.1, 0.15) is 5.82 Å². The first kappa shape index (κ1) is 15.5. The third-order valence-electron chi connectivity index (χ3n) is 4.36. The molecule has 3 rings (SSSR count). The van der Waals surface area contributed by atoms with Crippen LogP contribution in [0.4, 0.5) is 4.39 Å². The van der Waals surface area contributed by atoms with E-state index in [9.17, 15) is 12.8 Å². The van der Waals surface area contributed by atoms with Gasteiger partial charge in [0.25, 0.3) is 10.2 Å². The van der Waals surface area contributed by atoms with Crippen molar-refractivity contribution in [1.29, 1.82) is 0 Å². The average molecular weight is 325 g/mol. The first-order chi connectivity index (χ1) is 10.4. The summed E-state index contributed by atoms with van der Waals surface area (Å²) in [5.74, 6) is 0.00475. The van der Waals surface area contributed by atoms with Gasteiger partial charge in [-0.1, -0.05) is 0 Å². The maximum atomic E-state index is 13.5. The van der Waals surface area contributed by atoms with Crippen LogP contribution in [-0.4, -0.2) is 49.2 Å². The molecule has 2 aromatic rings. The Kier molecular flexibility index (Phi) is 3.96. The topological polar surface area (TPSA) is 56.4 Å². The zero-order chi connectivity index (χ0) is 15.9. The molecule has 120 valence electrons. The normalized spacial score (nSPS) is 18.4. The first-order valence-electron chi connectivity index (χ1n) is 7.33. The van der Waals surface area contributed by atoms with Gasteiger partial charge < -0.3 is 4.98 Å². The molecule has 0 radical (unpaired) electrons. The Morgan fingerprint density at radius 2 is 1.95 bits per heavy atom. The van der Waals surface area contributed by atoms with Gasteiger partial charge in [0.15, 0.2) is 0 Å². The van der Waals surface area contributed by atoms with Crippen LogP contribution >= 0.6 is 0 Å². The molecule has 0 unspecified atom stereocenters. The van der Waals surface area contributed by atoms with Crippen LogP contribution in [0, 0.1) is 5.82 Å². The number of fused-ring (bicyclic) bond motifs is 1. The predicted octanol–water partition coefficient (Wildman–Crippen LogP) is 2.29. The summed E-state index contributed by atoms with van der Waals surface area (Å²) in [7, 11) is -0.252. The average Bonchev–Trinajstić information content (AvgIpc) is 2.90. The second kappa shape index (κ2) is 5.64. The molecule has 0 amide bonds. The Balaban J connectivity index is 1.80. The van der Waals surface area contributed by atoms with E-state index in [1.807, 2.05) is 6.20 Å². The van der Waals surface area contributed by atoms with E-state index in [0.717, 1.165) is 29.3 Å². The van der Waals surface area contributed by atoms with Gasteiger partial charge in [-0.3, -0.25) is 0 Å². The lowest BCUT2D eigenvalue weighted by molar-refractivity contribution is 0.303. The fraction of sp³-hybridized carbons (Fsp3) is 0.467. The molecule has 1 aliphatic heterocycles. The standard InChI is InChI=1S/C15H20FN3O2S/c1-18(2)22(20,21)19-7-5-11(6-8-19)14-10-17-15-4-3-12(16)9-13(14)15/h3-4,9-11,17H,5-8H2,1-2H3.